The molecule has 132 valence electrons. The number of hydrogen-bond acceptors (Lipinski definition) is 3. The van der Waals surface area contributed by atoms with Crippen LogP contribution in [0.1, 0.15) is 34.5 Å². The summed E-state index contributed by atoms with van der Waals surface area (Å²) in [5.41, 5.74) is 8.08. The summed E-state index contributed by atoms with van der Waals surface area (Å²) in [7, 11) is 1.81. The van der Waals surface area contributed by atoms with Crippen LogP contribution in [-0.2, 0) is 16.9 Å². The van der Waals surface area contributed by atoms with Crippen LogP contribution in [0.25, 0.3) is 0 Å². The van der Waals surface area contributed by atoms with Gasteiger partial charge >= 0.3 is 0 Å². The number of carbonyl (C=O) groups is 1. The van der Waals surface area contributed by atoms with Crippen molar-refractivity contribution >= 4 is 5.91 Å². The van der Waals surface area contributed by atoms with Crippen molar-refractivity contribution in [2.75, 3.05) is 20.2 Å². The molecule has 5 heteroatoms. The van der Waals surface area contributed by atoms with E-state index < -0.39 is 0 Å². The van der Waals surface area contributed by atoms with E-state index in [0.29, 0.717) is 17.4 Å². The number of primary amides is 1. The van der Waals surface area contributed by atoms with Gasteiger partial charge in [0.2, 0.25) is 5.91 Å². The van der Waals surface area contributed by atoms with Gasteiger partial charge in [-0.3, -0.25) is 9.69 Å². The Bertz CT molecular complexity index is 742. The van der Waals surface area contributed by atoms with Gasteiger partial charge in [0.1, 0.15) is 5.60 Å². The molecular formula is C20H25N3O2. The maximum Gasteiger partial charge on any atom is 0.248 e. The monoisotopic (exact) mass is 339 g/mol. The van der Waals surface area contributed by atoms with Crippen LogP contribution in [0.2, 0.25) is 0 Å². The lowest BCUT2D eigenvalue weighted by Crippen LogP contribution is -2.52. The number of aromatic nitrogens is 1. The molecule has 1 saturated carbocycles. The zero-order chi connectivity index (χ0) is 17.4. The van der Waals surface area contributed by atoms with E-state index >= 15 is 0 Å². The highest BCUT2D eigenvalue weighted by Gasteiger charge is 2.55. The molecule has 4 rings (SSSR count). The van der Waals surface area contributed by atoms with Crippen LogP contribution >= 0.6 is 0 Å². The molecule has 2 unspecified atom stereocenters. The molecule has 25 heavy (non-hydrogen) atoms. The Morgan fingerprint density at radius 1 is 1.28 bits per heavy atom. The number of piperidine rings is 1. The molecule has 1 aliphatic carbocycles. The Balaban J connectivity index is 1.63. The number of carbonyl (C=O) groups excluding carboxylic acids is 1. The lowest BCUT2D eigenvalue weighted by Gasteiger charge is -2.47. The highest BCUT2D eigenvalue weighted by Crippen LogP contribution is 2.53. The molecule has 1 amide bonds. The molecule has 0 spiro atoms. The molecule has 2 heterocycles. The molecule has 2 aromatic rings. The summed E-state index contributed by atoms with van der Waals surface area (Å²) in [6, 6.07) is 11.9. The first-order valence-electron chi connectivity index (χ1n) is 8.93. The fourth-order valence-corrected chi connectivity index (χ4v) is 4.99. The number of methoxy groups -OCH3 is 1. The van der Waals surface area contributed by atoms with Crippen molar-refractivity contribution in [3.63, 3.8) is 0 Å². The Morgan fingerprint density at radius 3 is 2.64 bits per heavy atom. The molecule has 1 saturated heterocycles. The average molecular weight is 339 g/mol. The lowest BCUT2D eigenvalue weighted by atomic mass is 9.74. The number of nitrogens with zero attached hydrogens (tertiary/aromatic N) is 1. The molecule has 2 fully saturated rings. The predicted molar refractivity (Wildman–Crippen MR) is 95.9 cm³/mol. The van der Waals surface area contributed by atoms with Crippen molar-refractivity contribution in [3.8, 4) is 0 Å². The van der Waals surface area contributed by atoms with E-state index in [4.69, 9.17) is 10.5 Å². The van der Waals surface area contributed by atoms with E-state index in [0.717, 1.165) is 38.0 Å². The van der Waals surface area contributed by atoms with Crippen molar-refractivity contribution in [3.05, 3.63) is 59.4 Å². The number of benzene rings is 1. The minimum absolute atomic E-state index is 0.308. The first-order chi connectivity index (χ1) is 12.1. The molecule has 3 N–H and O–H groups in total. The van der Waals surface area contributed by atoms with E-state index in [1.54, 1.807) is 6.07 Å². The van der Waals surface area contributed by atoms with Crippen molar-refractivity contribution in [1.29, 1.82) is 0 Å². The van der Waals surface area contributed by atoms with Gasteiger partial charge in [0.05, 0.1) is 0 Å². The van der Waals surface area contributed by atoms with Gasteiger partial charge in [0.15, 0.2) is 0 Å². The number of fused-ring (bicyclic) bond motifs is 2. The van der Waals surface area contributed by atoms with Crippen LogP contribution in [0.5, 0.6) is 0 Å². The molecule has 0 radical (unpaired) electrons. The zero-order valence-corrected chi connectivity index (χ0v) is 14.6. The zero-order valence-electron chi connectivity index (χ0n) is 14.6. The molecule has 2 atom stereocenters. The van der Waals surface area contributed by atoms with Crippen molar-refractivity contribution in [2.24, 2.45) is 17.6 Å². The van der Waals surface area contributed by atoms with Gasteiger partial charge in [-0.05, 0) is 42.7 Å². The number of amides is 1. The van der Waals surface area contributed by atoms with Crippen molar-refractivity contribution < 1.29 is 9.53 Å². The maximum atomic E-state index is 11.6. The van der Waals surface area contributed by atoms with Crippen LogP contribution in [-0.4, -0.2) is 36.0 Å². The number of aromatic amines is 1. The molecule has 5 nitrogen and oxygen atoms in total. The van der Waals surface area contributed by atoms with Gasteiger partial charge in [-0.1, -0.05) is 12.1 Å². The highest BCUT2D eigenvalue weighted by atomic mass is 16.5. The van der Waals surface area contributed by atoms with E-state index in [1.807, 2.05) is 31.5 Å². The average Bonchev–Trinajstić information content (AvgIpc) is 3.18. The summed E-state index contributed by atoms with van der Waals surface area (Å²) >= 11 is 0. The fraction of sp³-hybridized carbons (Fsp3) is 0.450. The largest absolute Gasteiger partial charge is 0.373 e. The molecule has 2 aliphatic rings. The summed E-state index contributed by atoms with van der Waals surface area (Å²) in [4.78, 5) is 17.4. The normalized spacial score (nSPS) is 29.0. The van der Waals surface area contributed by atoms with Crippen LogP contribution in [0, 0.1) is 11.8 Å². The Labute approximate surface area is 148 Å². The molecule has 2 bridgehead atoms. The van der Waals surface area contributed by atoms with E-state index in [9.17, 15) is 4.79 Å². The number of rotatable bonds is 5. The van der Waals surface area contributed by atoms with Gasteiger partial charge in [-0.25, -0.2) is 0 Å². The number of ether oxygens (including phenoxy) is 1. The van der Waals surface area contributed by atoms with E-state index in [2.05, 4.69) is 22.0 Å². The Kier molecular flexibility index (Phi) is 4.13. The second kappa shape index (κ2) is 6.32. The smallest absolute Gasteiger partial charge is 0.248 e. The van der Waals surface area contributed by atoms with Gasteiger partial charge < -0.3 is 15.5 Å². The van der Waals surface area contributed by atoms with Gasteiger partial charge in [-0.2, -0.15) is 0 Å². The number of nitrogens with one attached hydrogen (secondary N) is 1. The van der Waals surface area contributed by atoms with Gasteiger partial charge in [-0.15, -0.1) is 0 Å². The van der Waals surface area contributed by atoms with Gasteiger partial charge in [0, 0.05) is 56.0 Å². The first kappa shape index (κ1) is 16.4. The number of hydrogen-bond donors (Lipinski definition) is 2. The Hall–Kier alpha value is -2.11. The third kappa shape index (κ3) is 2.68. The maximum absolute atomic E-state index is 11.6. The Morgan fingerprint density at radius 2 is 2.04 bits per heavy atom. The molecular weight excluding hydrogens is 314 g/mol. The summed E-state index contributed by atoms with van der Waals surface area (Å²) < 4.78 is 6.18. The van der Waals surface area contributed by atoms with Crippen LogP contribution in [0.4, 0.5) is 0 Å². The van der Waals surface area contributed by atoms with E-state index in [1.165, 1.54) is 5.69 Å². The fourth-order valence-electron chi connectivity index (χ4n) is 4.99. The lowest BCUT2D eigenvalue weighted by molar-refractivity contribution is -0.120. The van der Waals surface area contributed by atoms with Gasteiger partial charge in [0.25, 0.3) is 0 Å². The predicted octanol–water partition coefficient (Wildman–Crippen LogP) is 2.50. The van der Waals surface area contributed by atoms with Crippen LogP contribution in [0.15, 0.2) is 42.6 Å². The molecule has 1 aliphatic heterocycles. The SMILES string of the molecule is COC1(c2cccc(C(N)=O)c2)C2CCC1CN(Cc1ccc[nH]1)C2. The molecule has 1 aromatic heterocycles. The summed E-state index contributed by atoms with van der Waals surface area (Å²) in [6.07, 6.45) is 4.28. The van der Waals surface area contributed by atoms with E-state index in [-0.39, 0.29) is 11.5 Å². The summed E-state index contributed by atoms with van der Waals surface area (Å²) in [5, 5.41) is 0. The second-order valence-corrected chi connectivity index (χ2v) is 7.30. The minimum atomic E-state index is -0.385. The quantitative estimate of drug-likeness (QED) is 0.879. The van der Waals surface area contributed by atoms with Crippen molar-refractivity contribution in [1.82, 2.24) is 9.88 Å². The summed E-state index contributed by atoms with van der Waals surface area (Å²) in [6.45, 7) is 2.95. The summed E-state index contributed by atoms with van der Waals surface area (Å²) in [5.74, 6) is 0.466. The van der Waals surface area contributed by atoms with Crippen molar-refractivity contribution in [2.45, 2.75) is 25.0 Å². The topological polar surface area (TPSA) is 71.3 Å². The third-order valence-corrected chi connectivity index (χ3v) is 6.03. The third-order valence-electron chi connectivity index (χ3n) is 6.03. The van der Waals surface area contributed by atoms with Crippen LogP contribution in [0.3, 0.4) is 0 Å². The number of likely N-dealkylation sites (tertiary alicyclic amines) is 1. The standard InChI is InChI=1S/C20H25N3O2/c1-25-20(15-5-2-4-14(10-15)19(21)24)16-7-8-17(20)12-23(11-16)13-18-6-3-9-22-18/h2-6,9-10,16-17,22H,7-8,11-13H2,1H3,(H2,21,24). The molecule has 1 aromatic carbocycles. The number of nitrogens with two attached hydrogens (primary N) is 1. The highest BCUT2D eigenvalue weighted by molar-refractivity contribution is 5.92. The number of H-pyrrole nitrogens is 1. The second-order valence-electron chi connectivity index (χ2n) is 7.30. The first-order valence-corrected chi connectivity index (χ1v) is 8.93. The minimum Gasteiger partial charge on any atom is -0.373 e. The van der Waals surface area contributed by atoms with Crippen LogP contribution < -0.4 is 5.73 Å².